The van der Waals surface area contributed by atoms with Gasteiger partial charge in [-0.2, -0.15) is 0 Å². The number of halogens is 2. The van der Waals surface area contributed by atoms with Crippen molar-refractivity contribution in [1.29, 1.82) is 0 Å². The van der Waals surface area contributed by atoms with Crippen LogP contribution in [0.4, 0.5) is 15.8 Å². The Labute approximate surface area is 115 Å². The minimum absolute atomic E-state index is 0.0675. The Hall–Kier alpha value is -1.40. The molecule has 1 aliphatic rings. The summed E-state index contributed by atoms with van der Waals surface area (Å²) < 4.78 is 13.6. The quantitative estimate of drug-likeness (QED) is 0.670. The van der Waals surface area contributed by atoms with Crippen LogP contribution in [0.5, 0.6) is 0 Å². The van der Waals surface area contributed by atoms with Gasteiger partial charge < -0.3 is 10.6 Å². The smallest absolute Gasteiger partial charge is 0.294 e. The molecule has 0 radical (unpaired) electrons. The number of nitro groups is 1. The van der Waals surface area contributed by atoms with Crippen molar-refractivity contribution in [1.82, 2.24) is 0 Å². The van der Waals surface area contributed by atoms with Crippen molar-refractivity contribution in [3.63, 3.8) is 0 Å². The molecule has 2 rings (SSSR count). The third kappa shape index (κ3) is 2.96. The maximum absolute atomic E-state index is 13.6. The summed E-state index contributed by atoms with van der Waals surface area (Å²) in [6.45, 7) is 3.12. The average Bonchev–Trinajstić information content (AvgIpc) is 2.30. The molecule has 1 aliphatic heterocycles. The molecular weight excluding hydrogens is 273 g/mol. The number of hydrogen-bond donors (Lipinski definition) is 1. The fourth-order valence-corrected chi connectivity index (χ4v) is 2.68. The number of nitrogens with zero attached hydrogens (tertiary/aromatic N) is 2. The van der Waals surface area contributed by atoms with Gasteiger partial charge in [0.15, 0.2) is 0 Å². The zero-order valence-electron chi connectivity index (χ0n) is 10.5. The first kappa shape index (κ1) is 14.0. The van der Waals surface area contributed by atoms with Crippen LogP contribution in [0.2, 0.25) is 5.02 Å². The fourth-order valence-electron chi connectivity index (χ4n) is 2.52. The maximum atomic E-state index is 13.6. The van der Waals surface area contributed by atoms with Crippen molar-refractivity contribution in [3.8, 4) is 0 Å². The number of rotatable bonds is 2. The molecule has 1 aromatic carbocycles. The summed E-state index contributed by atoms with van der Waals surface area (Å²) in [6, 6.07) is 2.10. The number of anilines is 1. The summed E-state index contributed by atoms with van der Waals surface area (Å²) in [7, 11) is 0. The monoisotopic (exact) mass is 287 g/mol. The van der Waals surface area contributed by atoms with Gasteiger partial charge in [-0.25, -0.2) is 4.39 Å². The molecule has 0 aromatic heterocycles. The molecular formula is C12H15ClFN3O2. The summed E-state index contributed by atoms with van der Waals surface area (Å²) >= 11 is 5.60. The van der Waals surface area contributed by atoms with Crippen molar-refractivity contribution in [2.45, 2.75) is 19.4 Å². The molecule has 2 atom stereocenters. The van der Waals surface area contributed by atoms with E-state index in [1.807, 2.05) is 6.92 Å². The summed E-state index contributed by atoms with van der Waals surface area (Å²) in [6.07, 6.45) is 0.861. The Morgan fingerprint density at radius 3 is 2.79 bits per heavy atom. The number of nitro benzene ring substituents is 1. The van der Waals surface area contributed by atoms with Gasteiger partial charge in [0.2, 0.25) is 0 Å². The molecule has 0 saturated carbocycles. The molecule has 0 spiro atoms. The predicted molar refractivity (Wildman–Crippen MR) is 72.0 cm³/mol. The summed E-state index contributed by atoms with van der Waals surface area (Å²) in [4.78, 5) is 12.3. The number of benzene rings is 1. The first-order valence-corrected chi connectivity index (χ1v) is 6.40. The lowest BCUT2D eigenvalue weighted by molar-refractivity contribution is -0.384. The third-order valence-electron chi connectivity index (χ3n) is 3.25. The van der Waals surface area contributed by atoms with Gasteiger partial charge in [-0.15, -0.1) is 0 Å². The molecule has 19 heavy (non-hydrogen) atoms. The first-order chi connectivity index (χ1) is 8.88. The Balaban J connectivity index is 2.42. The second-order valence-corrected chi connectivity index (χ2v) is 5.43. The van der Waals surface area contributed by atoms with Gasteiger partial charge in [-0.05, 0) is 12.3 Å². The van der Waals surface area contributed by atoms with Gasteiger partial charge in [0.1, 0.15) is 11.5 Å². The lowest BCUT2D eigenvalue weighted by Crippen LogP contribution is -2.46. The first-order valence-electron chi connectivity index (χ1n) is 6.02. The highest BCUT2D eigenvalue weighted by molar-refractivity contribution is 6.31. The molecule has 5 nitrogen and oxygen atoms in total. The molecule has 2 unspecified atom stereocenters. The lowest BCUT2D eigenvalue weighted by atomic mass is 9.96. The second-order valence-electron chi connectivity index (χ2n) is 5.02. The van der Waals surface area contributed by atoms with E-state index in [0.29, 0.717) is 19.0 Å². The van der Waals surface area contributed by atoms with E-state index >= 15 is 0 Å². The summed E-state index contributed by atoms with van der Waals surface area (Å²) in [5.74, 6) is -0.351. The number of nitrogens with two attached hydrogens (primary N) is 1. The van der Waals surface area contributed by atoms with E-state index in [1.54, 1.807) is 4.90 Å². The zero-order valence-corrected chi connectivity index (χ0v) is 11.2. The Morgan fingerprint density at radius 2 is 2.21 bits per heavy atom. The van der Waals surface area contributed by atoms with Crippen molar-refractivity contribution in [2.24, 2.45) is 11.7 Å². The summed E-state index contributed by atoms with van der Waals surface area (Å²) in [5.41, 5.74) is 5.97. The average molecular weight is 288 g/mol. The molecule has 0 amide bonds. The Kier molecular flexibility index (Phi) is 3.91. The van der Waals surface area contributed by atoms with Crippen molar-refractivity contribution in [3.05, 3.63) is 33.1 Å². The van der Waals surface area contributed by atoms with Gasteiger partial charge in [-0.1, -0.05) is 18.5 Å². The SMILES string of the molecule is CC1CC(N)CN(c2cc(F)c(Cl)cc2[N+](=O)[O-])C1. The predicted octanol–water partition coefficient (Wildman–Crippen LogP) is 2.56. The van der Waals surface area contributed by atoms with Crippen LogP contribution in [0, 0.1) is 21.8 Å². The van der Waals surface area contributed by atoms with Crippen LogP contribution >= 0.6 is 11.6 Å². The molecule has 2 N–H and O–H groups in total. The highest BCUT2D eigenvalue weighted by Gasteiger charge is 2.28. The van der Waals surface area contributed by atoms with E-state index in [-0.39, 0.29) is 22.4 Å². The van der Waals surface area contributed by atoms with Crippen LogP contribution < -0.4 is 10.6 Å². The van der Waals surface area contributed by atoms with E-state index < -0.39 is 10.7 Å². The largest absolute Gasteiger partial charge is 0.364 e. The number of hydrogen-bond acceptors (Lipinski definition) is 4. The molecule has 0 aliphatic carbocycles. The number of piperidine rings is 1. The standard InChI is InChI=1S/C12H15ClFN3O2/c1-7-2-8(15)6-16(5-7)11-4-10(14)9(13)3-12(11)17(18)19/h3-4,7-8H,2,5-6,15H2,1H3. The minimum Gasteiger partial charge on any atom is -0.364 e. The van der Waals surface area contributed by atoms with Crippen LogP contribution in [0.25, 0.3) is 0 Å². The summed E-state index contributed by atoms with van der Waals surface area (Å²) in [5, 5.41) is 10.8. The van der Waals surface area contributed by atoms with Gasteiger partial charge in [0, 0.05) is 31.3 Å². The third-order valence-corrected chi connectivity index (χ3v) is 3.54. The molecule has 104 valence electrons. The van der Waals surface area contributed by atoms with Gasteiger partial charge in [0.05, 0.1) is 9.95 Å². The second kappa shape index (κ2) is 5.30. The topological polar surface area (TPSA) is 72.4 Å². The van der Waals surface area contributed by atoms with Crippen molar-refractivity contribution >= 4 is 23.0 Å². The molecule has 1 aromatic rings. The van der Waals surface area contributed by atoms with Gasteiger partial charge >= 0.3 is 0 Å². The highest BCUT2D eigenvalue weighted by atomic mass is 35.5. The van der Waals surface area contributed by atoms with E-state index in [2.05, 4.69) is 0 Å². The fraction of sp³-hybridized carbons (Fsp3) is 0.500. The van der Waals surface area contributed by atoms with E-state index in [0.717, 1.165) is 18.6 Å². The van der Waals surface area contributed by atoms with Crippen LogP contribution in [-0.4, -0.2) is 24.1 Å². The molecule has 1 saturated heterocycles. The Morgan fingerprint density at radius 1 is 1.53 bits per heavy atom. The van der Waals surface area contributed by atoms with Crippen molar-refractivity contribution in [2.75, 3.05) is 18.0 Å². The Bertz CT molecular complexity index is 502. The van der Waals surface area contributed by atoms with Crippen LogP contribution in [-0.2, 0) is 0 Å². The molecule has 7 heteroatoms. The lowest BCUT2D eigenvalue weighted by Gasteiger charge is -2.36. The molecule has 1 heterocycles. The highest BCUT2D eigenvalue weighted by Crippen LogP contribution is 2.35. The van der Waals surface area contributed by atoms with Gasteiger partial charge in [-0.3, -0.25) is 10.1 Å². The molecule has 1 fully saturated rings. The van der Waals surface area contributed by atoms with Gasteiger partial charge in [0.25, 0.3) is 5.69 Å². The van der Waals surface area contributed by atoms with E-state index in [1.165, 1.54) is 0 Å². The van der Waals surface area contributed by atoms with E-state index in [4.69, 9.17) is 17.3 Å². The molecule has 0 bridgehead atoms. The van der Waals surface area contributed by atoms with Crippen LogP contribution in [0.1, 0.15) is 13.3 Å². The normalized spacial score (nSPS) is 23.5. The zero-order chi connectivity index (χ0) is 14.2. The van der Waals surface area contributed by atoms with Crippen molar-refractivity contribution < 1.29 is 9.31 Å². The maximum Gasteiger partial charge on any atom is 0.294 e. The minimum atomic E-state index is -0.658. The van der Waals surface area contributed by atoms with Crippen LogP contribution in [0.15, 0.2) is 12.1 Å². The van der Waals surface area contributed by atoms with E-state index in [9.17, 15) is 14.5 Å². The van der Waals surface area contributed by atoms with Crippen LogP contribution in [0.3, 0.4) is 0 Å².